The van der Waals surface area contributed by atoms with E-state index in [1.165, 1.54) is 44.1 Å². The smallest absolute Gasteiger partial charge is 0.284 e. The van der Waals surface area contributed by atoms with Gasteiger partial charge in [-0.05, 0) is 56.3 Å². The molecule has 0 radical (unpaired) electrons. The minimum Gasteiger partial charge on any atom is -0.494 e. The summed E-state index contributed by atoms with van der Waals surface area (Å²) in [5.74, 6) is -1.56. The molecule has 178 valence electrons. The number of carbonyl (C=O) groups is 1. The number of amides is 1. The van der Waals surface area contributed by atoms with Crippen molar-refractivity contribution in [2.24, 2.45) is 0 Å². The molecule has 1 aliphatic heterocycles. The molecule has 0 atom stereocenters. The van der Waals surface area contributed by atoms with E-state index in [2.05, 4.69) is 25.5 Å². The maximum Gasteiger partial charge on any atom is 0.284 e. The van der Waals surface area contributed by atoms with E-state index < -0.39 is 17.6 Å². The van der Waals surface area contributed by atoms with Gasteiger partial charge in [-0.1, -0.05) is 18.0 Å². The van der Waals surface area contributed by atoms with Crippen LogP contribution in [0.4, 0.5) is 26.0 Å². The lowest BCUT2D eigenvalue weighted by molar-refractivity contribution is -0.114. The van der Waals surface area contributed by atoms with Crippen LogP contribution in [0.5, 0.6) is 5.75 Å². The van der Waals surface area contributed by atoms with Crippen LogP contribution in [0.25, 0.3) is 10.9 Å². The van der Waals surface area contributed by atoms with Gasteiger partial charge in [0.15, 0.2) is 5.83 Å². The average molecular weight is 488 g/mol. The Morgan fingerprint density at radius 2 is 2.00 bits per heavy atom. The van der Waals surface area contributed by atoms with Gasteiger partial charge in [0.2, 0.25) is 0 Å². The molecule has 3 aromatic rings. The highest BCUT2D eigenvalue weighted by Gasteiger charge is 2.17. The quantitative estimate of drug-likeness (QED) is 0.431. The number of piperidine rings is 1. The molecule has 1 aromatic heterocycles. The maximum absolute atomic E-state index is 14.5. The van der Waals surface area contributed by atoms with Crippen molar-refractivity contribution in [3.63, 3.8) is 0 Å². The number of fused-ring (bicyclic) bond motifs is 1. The fourth-order valence-electron chi connectivity index (χ4n) is 3.79. The number of hydrogen-bond acceptors (Lipinski definition) is 6. The normalized spacial score (nSPS) is 14.8. The number of carbonyl (C=O) groups excluding carboxylic acids is 1. The van der Waals surface area contributed by atoms with Crippen LogP contribution in [-0.2, 0) is 4.79 Å². The highest BCUT2D eigenvalue weighted by Crippen LogP contribution is 2.34. The Bertz CT molecular complexity index is 1230. The maximum atomic E-state index is 14.5. The fraction of sp³-hybridized carbons (Fsp3) is 0.292. The molecule has 0 saturated carbocycles. The minimum atomic E-state index is -0.869. The summed E-state index contributed by atoms with van der Waals surface area (Å²) >= 11 is 5.87. The summed E-state index contributed by atoms with van der Waals surface area (Å²) in [7, 11) is 1.44. The molecule has 10 heteroatoms. The molecular weight excluding hydrogens is 464 g/mol. The molecule has 1 aliphatic rings. The topological polar surface area (TPSA) is 79.4 Å². The molecule has 2 aromatic carbocycles. The molecule has 0 spiro atoms. The molecule has 0 bridgehead atoms. The third-order valence-electron chi connectivity index (χ3n) is 5.58. The standard InChI is InChI=1S/C24H24ClF2N5O2/c1-34-22-13-20-16(23(29-14-28-20)30-15-5-6-18(26)17(25)11-15)12-21(22)31-24(33)19(27)7-10-32-8-3-2-4-9-32/h5-7,11-14H,2-4,8-10H2,1H3,(H,31,33)(H,28,29,30)/b19-7+. The molecule has 1 fully saturated rings. The lowest BCUT2D eigenvalue weighted by Crippen LogP contribution is -2.30. The van der Waals surface area contributed by atoms with Gasteiger partial charge < -0.3 is 15.4 Å². The number of aromatic nitrogens is 2. The van der Waals surface area contributed by atoms with E-state index >= 15 is 0 Å². The largest absolute Gasteiger partial charge is 0.494 e. The number of nitrogens with zero attached hydrogens (tertiary/aromatic N) is 3. The Morgan fingerprint density at radius 1 is 1.21 bits per heavy atom. The third-order valence-corrected chi connectivity index (χ3v) is 5.87. The molecule has 4 rings (SSSR count). The highest BCUT2D eigenvalue weighted by atomic mass is 35.5. The zero-order valence-corrected chi connectivity index (χ0v) is 19.3. The van der Waals surface area contributed by atoms with Gasteiger partial charge in [0.1, 0.15) is 23.7 Å². The van der Waals surface area contributed by atoms with Gasteiger partial charge >= 0.3 is 0 Å². The van der Waals surface area contributed by atoms with Gasteiger partial charge in [-0.15, -0.1) is 0 Å². The number of likely N-dealkylation sites (tertiary alicyclic amines) is 1. The second-order valence-corrected chi connectivity index (χ2v) is 8.32. The van der Waals surface area contributed by atoms with Crippen LogP contribution >= 0.6 is 11.6 Å². The molecule has 2 N–H and O–H groups in total. The lowest BCUT2D eigenvalue weighted by atomic mass is 10.1. The number of nitrogens with one attached hydrogen (secondary N) is 2. The number of methoxy groups -OCH3 is 1. The van der Waals surface area contributed by atoms with Crippen LogP contribution in [0.3, 0.4) is 0 Å². The van der Waals surface area contributed by atoms with Crippen LogP contribution < -0.4 is 15.4 Å². The van der Waals surface area contributed by atoms with Crippen molar-refractivity contribution >= 4 is 45.6 Å². The Hall–Kier alpha value is -3.30. The summed E-state index contributed by atoms with van der Waals surface area (Å²) in [5, 5.41) is 6.14. The van der Waals surface area contributed by atoms with E-state index in [-0.39, 0.29) is 10.7 Å². The van der Waals surface area contributed by atoms with E-state index in [1.54, 1.807) is 12.1 Å². The van der Waals surface area contributed by atoms with E-state index in [0.717, 1.165) is 25.9 Å². The molecule has 0 unspecified atom stereocenters. The predicted molar refractivity (Wildman–Crippen MR) is 129 cm³/mol. The molecule has 2 heterocycles. The average Bonchev–Trinajstić information content (AvgIpc) is 2.85. The zero-order valence-electron chi connectivity index (χ0n) is 18.6. The number of hydrogen-bond donors (Lipinski definition) is 2. The number of ether oxygens (including phenoxy) is 1. The summed E-state index contributed by atoms with van der Waals surface area (Å²) in [4.78, 5) is 23.1. The van der Waals surface area contributed by atoms with Crippen molar-refractivity contribution in [3.8, 4) is 5.75 Å². The van der Waals surface area contributed by atoms with Gasteiger partial charge in [-0.25, -0.2) is 18.7 Å². The van der Waals surface area contributed by atoms with Crippen molar-refractivity contribution in [3.05, 3.63) is 59.4 Å². The Morgan fingerprint density at radius 3 is 2.74 bits per heavy atom. The summed E-state index contributed by atoms with van der Waals surface area (Å²) in [5.41, 5.74) is 1.30. The van der Waals surface area contributed by atoms with Crippen molar-refractivity contribution in [1.29, 1.82) is 0 Å². The van der Waals surface area contributed by atoms with E-state index in [0.29, 0.717) is 34.7 Å². The molecule has 7 nitrogen and oxygen atoms in total. The molecule has 1 amide bonds. The first-order chi connectivity index (χ1) is 16.4. The molecule has 34 heavy (non-hydrogen) atoms. The fourth-order valence-corrected chi connectivity index (χ4v) is 3.97. The summed E-state index contributed by atoms with van der Waals surface area (Å²) in [6.45, 7) is 2.19. The zero-order chi connectivity index (χ0) is 24.1. The van der Waals surface area contributed by atoms with Crippen molar-refractivity contribution in [2.45, 2.75) is 19.3 Å². The second-order valence-electron chi connectivity index (χ2n) is 7.91. The van der Waals surface area contributed by atoms with Gasteiger partial charge in [0.05, 0.1) is 23.3 Å². The van der Waals surface area contributed by atoms with Gasteiger partial charge in [0, 0.05) is 23.7 Å². The predicted octanol–water partition coefficient (Wildman–Crippen LogP) is 5.45. The highest BCUT2D eigenvalue weighted by molar-refractivity contribution is 6.31. The van der Waals surface area contributed by atoms with E-state index in [1.807, 2.05) is 0 Å². The Kier molecular flexibility index (Phi) is 7.54. The van der Waals surface area contributed by atoms with E-state index in [4.69, 9.17) is 16.3 Å². The second kappa shape index (κ2) is 10.8. The number of rotatable bonds is 7. The van der Waals surface area contributed by atoms with Gasteiger partial charge in [-0.3, -0.25) is 9.69 Å². The van der Waals surface area contributed by atoms with Crippen LogP contribution in [0.15, 0.2) is 48.6 Å². The number of benzene rings is 2. The van der Waals surface area contributed by atoms with E-state index in [9.17, 15) is 13.6 Å². The van der Waals surface area contributed by atoms with Crippen molar-refractivity contribution in [2.75, 3.05) is 37.4 Å². The van der Waals surface area contributed by atoms with Crippen LogP contribution in [0, 0.1) is 5.82 Å². The summed E-state index contributed by atoms with van der Waals surface area (Å²) < 4.78 is 33.4. The first-order valence-electron chi connectivity index (χ1n) is 10.9. The summed E-state index contributed by atoms with van der Waals surface area (Å²) in [6.07, 6.45) is 6.00. The van der Waals surface area contributed by atoms with Crippen LogP contribution in [0.1, 0.15) is 19.3 Å². The SMILES string of the molecule is COc1cc2ncnc(Nc3ccc(F)c(Cl)c3)c2cc1NC(=O)/C(F)=C\CN1CCCCC1. The number of anilines is 3. The van der Waals surface area contributed by atoms with Crippen LogP contribution in [0.2, 0.25) is 5.02 Å². The Labute approximate surface area is 200 Å². The molecule has 1 saturated heterocycles. The summed E-state index contributed by atoms with van der Waals surface area (Å²) in [6, 6.07) is 7.40. The number of halogens is 3. The monoisotopic (exact) mass is 487 g/mol. The Balaban J connectivity index is 1.58. The first kappa shape index (κ1) is 23.8. The van der Waals surface area contributed by atoms with Gasteiger partial charge in [0.25, 0.3) is 5.91 Å². The first-order valence-corrected chi connectivity index (χ1v) is 11.3. The molecule has 0 aliphatic carbocycles. The van der Waals surface area contributed by atoms with Crippen molar-refractivity contribution in [1.82, 2.24) is 14.9 Å². The van der Waals surface area contributed by atoms with Gasteiger partial charge in [-0.2, -0.15) is 0 Å². The van der Waals surface area contributed by atoms with Crippen molar-refractivity contribution < 1.29 is 18.3 Å². The van der Waals surface area contributed by atoms with Crippen LogP contribution in [-0.4, -0.2) is 47.5 Å². The minimum absolute atomic E-state index is 0.0372. The molecular formula is C24H24ClF2N5O2. The third kappa shape index (κ3) is 5.60. The lowest BCUT2D eigenvalue weighted by Gasteiger charge is -2.24.